The first-order valence-corrected chi connectivity index (χ1v) is 8.95. The number of hydrogen-bond donors (Lipinski definition) is 1. The highest BCUT2D eigenvalue weighted by molar-refractivity contribution is 9.10. The Morgan fingerprint density at radius 3 is 3.19 bits per heavy atom. The van der Waals surface area contributed by atoms with E-state index < -0.39 is 0 Å². The molecule has 4 heteroatoms. The highest BCUT2D eigenvalue weighted by Crippen LogP contribution is 2.34. The second-order valence-corrected chi connectivity index (χ2v) is 7.10. The Labute approximate surface area is 136 Å². The lowest BCUT2D eigenvalue weighted by Crippen LogP contribution is -2.45. The maximum absolute atomic E-state index is 5.85. The van der Waals surface area contributed by atoms with Crippen LogP contribution in [0.25, 0.3) is 0 Å². The fourth-order valence-electron chi connectivity index (χ4n) is 3.42. The van der Waals surface area contributed by atoms with E-state index in [1.165, 1.54) is 41.4 Å². The minimum absolute atomic E-state index is 0.653. The number of fused-ring (bicyclic) bond motifs is 1. The van der Waals surface area contributed by atoms with E-state index in [0.717, 1.165) is 38.4 Å². The van der Waals surface area contributed by atoms with Crippen LogP contribution >= 0.6 is 15.9 Å². The van der Waals surface area contributed by atoms with E-state index in [-0.39, 0.29) is 0 Å². The first-order valence-electron chi connectivity index (χ1n) is 8.16. The Balaban J connectivity index is 1.66. The number of ether oxygens (including phenoxy) is 1. The van der Waals surface area contributed by atoms with E-state index in [1.54, 1.807) is 0 Å². The molecule has 1 saturated heterocycles. The maximum Gasteiger partial charge on any atom is 0.127 e. The predicted molar refractivity (Wildman–Crippen MR) is 89.9 cm³/mol. The SMILES string of the molecule is CCCNC1CCCN(Cc2cc(Br)cc3c2OCC3)C1. The van der Waals surface area contributed by atoms with E-state index in [2.05, 4.69) is 45.2 Å². The third-order valence-corrected chi connectivity index (χ3v) is 4.87. The van der Waals surface area contributed by atoms with Crippen LogP contribution in [-0.4, -0.2) is 37.2 Å². The highest BCUT2D eigenvalue weighted by Gasteiger charge is 2.23. The fraction of sp³-hybridized carbons (Fsp3) is 0.647. The molecule has 21 heavy (non-hydrogen) atoms. The van der Waals surface area contributed by atoms with Crippen molar-refractivity contribution in [2.24, 2.45) is 0 Å². The van der Waals surface area contributed by atoms with Crippen LogP contribution in [0.5, 0.6) is 5.75 Å². The molecule has 1 N–H and O–H groups in total. The summed E-state index contributed by atoms with van der Waals surface area (Å²) < 4.78 is 7.03. The molecule has 0 aromatic heterocycles. The first kappa shape index (κ1) is 15.3. The summed E-state index contributed by atoms with van der Waals surface area (Å²) in [4.78, 5) is 2.57. The predicted octanol–water partition coefficient (Wildman–Crippen LogP) is 3.35. The lowest BCUT2D eigenvalue weighted by atomic mass is 10.0. The van der Waals surface area contributed by atoms with Crippen LogP contribution in [0.1, 0.15) is 37.3 Å². The largest absolute Gasteiger partial charge is 0.493 e. The third kappa shape index (κ3) is 3.79. The molecule has 0 spiro atoms. The number of benzene rings is 1. The van der Waals surface area contributed by atoms with Crippen LogP contribution in [0.4, 0.5) is 0 Å². The van der Waals surface area contributed by atoms with E-state index in [9.17, 15) is 0 Å². The number of piperidine rings is 1. The van der Waals surface area contributed by atoms with Gasteiger partial charge in [0.25, 0.3) is 0 Å². The van der Waals surface area contributed by atoms with Gasteiger partial charge in [-0.05, 0) is 50.0 Å². The molecule has 0 saturated carbocycles. The number of hydrogen-bond acceptors (Lipinski definition) is 3. The monoisotopic (exact) mass is 352 g/mol. The summed E-state index contributed by atoms with van der Waals surface area (Å²) in [5.74, 6) is 1.14. The Hall–Kier alpha value is -0.580. The van der Waals surface area contributed by atoms with Crippen molar-refractivity contribution < 1.29 is 4.74 Å². The van der Waals surface area contributed by atoms with Gasteiger partial charge in [0.05, 0.1) is 6.61 Å². The zero-order valence-electron chi connectivity index (χ0n) is 12.8. The molecule has 116 valence electrons. The molecular weight excluding hydrogens is 328 g/mol. The van der Waals surface area contributed by atoms with Gasteiger partial charge < -0.3 is 10.1 Å². The second-order valence-electron chi connectivity index (χ2n) is 6.18. The lowest BCUT2D eigenvalue weighted by molar-refractivity contribution is 0.181. The normalized spacial score (nSPS) is 22.1. The Morgan fingerprint density at radius 2 is 2.33 bits per heavy atom. The molecule has 0 radical (unpaired) electrons. The highest BCUT2D eigenvalue weighted by atomic mass is 79.9. The summed E-state index contributed by atoms with van der Waals surface area (Å²) in [7, 11) is 0. The summed E-state index contributed by atoms with van der Waals surface area (Å²) in [5, 5.41) is 3.67. The van der Waals surface area contributed by atoms with Gasteiger partial charge in [-0.3, -0.25) is 4.90 Å². The number of likely N-dealkylation sites (tertiary alicyclic amines) is 1. The van der Waals surface area contributed by atoms with Crippen molar-refractivity contribution in [1.82, 2.24) is 10.2 Å². The molecule has 1 unspecified atom stereocenters. The smallest absolute Gasteiger partial charge is 0.127 e. The van der Waals surface area contributed by atoms with Crippen LogP contribution < -0.4 is 10.1 Å². The molecule has 0 amide bonds. The van der Waals surface area contributed by atoms with Crippen LogP contribution in [-0.2, 0) is 13.0 Å². The summed E-state index contributed by atoms with van der Waals surface area (Å²) in [6.07, 6.45) is 4.86. The van der Waals surface area contributed by atoms with Crippen molar-refractivity contribution >= 4 is 15.9 Å². The van der Waals surface area contributed by atoms with Crippen molar-refractivity contribution in [3.63, 3.8) is 0 Å². The van der Waals surface area contributed by atoms with Crippen molar-refractivity contribution in [3.05, 3.63) is 27.7 Å². The Morgan fingerprint density at radius 1 is 1.43 bits per heavy atom. The van der Waals surface area contributed by atoms with Gasteiger partial charge in [-0.1, -0.05) is 22.9 Å². The second kappa shape index (κ2) is 7.12. The van der Waals surface area contributed by atoms with Gasteiger partial charge in [0.2, 0.25) is 0 Å². The van der Waals surface area contributed by atoms with E-state index in [1.807, 2.05) is 0 Å². The minimum atomic E-state index is 0.653. The van der Waals surface area contributed by atoms with Gasteiger partial charge >= 0.3 is 0 Å². The molecular formula is C17H25BrN2O. The summed E-state index contributed by atoms with van der Waals surface area (Å²) >= 11 is 3.64. The van der Waals surface area contributed by atoms with E-state index >= 15 is 0 Å². The van der Waals surface area contributed by atoms with Crippen LogP contribution in [0.2, 0.25) is 0 Å². The average Bonchev–Trinajstić information content (AvgIpc) is 2.94. The minimum Gasteiger partial charge on any atom is -0.493 e. The molecule has 0 aliphatic carbocycles. The molecule has 0 bridgehead atoms. The van der Waals surface area contributed by atoms with Gasteiger partial charge in [-0.2, -0.15) is 0 Å². The van der Waals surface area contributed by atoms with Gasteiger partial charge in [-0.25, -0.2) is 0 Å². The average molecular weight is 353 g/mol. The molecule has 1 aromatic carbocycles. The molecule has 1 atom stereocenters. The molecule has 1 fully saturated rings. The fourth-order valence-corrected chi connectivity index (χ4v) is 3.97. The molecule has 2 heterocycles. The van der Waals surface area contributed by atoms with Crippen LogP contribution in [0.15, 0.2) is 16.6 Å². The molecule has 2 aliphatic rings. The van der Waals surface area contributed by atoms with Crippen LogP contribution in [0, 0.1) is 0 Å². The number of nitrogens with zero attached hydrogens (tertiary/aromatic N) is 1. The van der Waals surface area contributed by atoms with Crippen molar-refractivity contribution in [1.29, 1.82) is 0 Å². The standard InChI is InChI=1S/C17H25BrN2O/c1-2-6-19-16-4-3-7-20(12-16)11-14-10-15(18)9-13-5-8-21-17(13)14/h9-10,16,19H,2-8,11-12H2,1H3. The van der Waals surface area contributed by atoms with E-state index in [0.29, 0.717) is 6.04 Å². The number of halogens is 1. The van der Waals surface area contributed by atoms with E-state index in [4.69, 9.17) is 4.74 Å². The first-order chi connectivity index (χ1) is 10.3. The van der Waals surface area contributed by atoms with Gasteiger partial charge in [0, 0.05) is 35.6 Å². The van der Waals surface area contributed by atoms with Gasteiger partial charge in [0.1, 0.15) is 5.75 Å². The van der Waals surface area contributed by atoms with Crippen molar-refractivity contribution in [2.75, 3.05) is 26.2 Å². The number of nitrogens with one attached hydrogen (secondary N) is 1. The zero-order valence-corrected chi connectivity index (χ0v) is 14.4. The van der Waals surface area contributed by atoms with Crippen LogP contribution in [0.3, 0.4) is 0 Å². The van der Waals surface area contributed by atoms with Gasteiger partial charge in [0.15, 0.2) is 0 Å². The van der Waals surface area contributed by atoms with Crippen molar-refractivity contribution in [3.8, 4) is 5.75 Å². The van der Waals surface area contributed by atoms with Crippen molar-refractivity contribution in [2.45, 2.75) is 45.2 Å². The summed E-state index contributed by atoms with van der Waals surface area (Å²) in [6, 6.07) is 5.08. The summed E-state index contributed by atoms with van der Waals surface area (Å²) in [6.45, 7) is 7.56. The Kier molecular flexibility index (Phi) is 5.19. The number of rotatable bonds is 5. The summed E-state index contributed by atoms with van der Waals surface area (Å²) in [5.41, 5.74) is 2.70. The van der Waals surface area contributed by atoms with Gasteiger partial charge in [-0.15, -0.1) is 0 Å². The molecule has 3 rings (SSSR count). The maximum atomic E-state index is 5.85. The third-order valence-electron chi connectivity index (χ3n) is 4.41. The molecule has 1 aromatic rings. The zero-order chi connectivity index (χ0) is 14.7. The quantitative estimate of drug-likeness (QED) is 0.879. The molecule has 3 nitrogen and oxygen atoms in total. The lowest BCUT2D eigenvalue weighted by Gasteiger charge is -2.33. The Bertz CT molecular complexity index is 492. The topological polar surface area (TPSA) is 24.5 Å². The molecule has 2 aliphatic heterocycles.